The molecule has 392 valence electrons. The van der Waals surface area contributed by atoms with Crippen molar-refractivity contribution >= 4 is 55.2 Å². The summed E-state index contributed by atoms with van der Waals surface area (Å²) in [7, 11) is 0.665. The summed E-state index contributed by atoms with van der Waals surface area (Å²) < 4.78 is 27.8. The molecule has 1 N–H and O–H groups in total. The van der Waals surface area contributed by atoms with Crippen LogP contribution in [0, 0.1) is 0 Å². The molecule has 0 bridgehead atoms. The number of ether oxygens (including phenoxy) is 1. The number of alkyl halides is 2. The van der Waals surface area contributed by atoms with E-state index in [1.807, 2.05) is 0 Å². The number of aliphatic carboxylic acids is 1. The lowest BCUT2D eigenvalue weighted by Crippen LogP contribution is -2.01. The molecular weight excluding hydrogens is 899 g/mol. The van der Waals surface area contributed by atoms with Gasteiger partial charge in [-0.3, -0.25) is 9.59 Å². The Morgan fingerprint density at radius 1 is 0.354 bits per heavy atom. The van der Waals surface area contributed by atoms with Crippen LogP contribution in [-0.4, -0.2) is 37.6 Å². The average molecular weight is 1010 g/mol. The Balaban J connectivity index is -0.00000103. The summed E-state index contributed by atoms with van der Waals surface area (Å²) in [6.45, 7) is 4.58. The van der Waals surface area contributed by atoms with Crippen LogP contribution in [0.3, 0.4) is 0 Å². The van der Waals surface area contributed by atoms with Crippen LogP contribution in [-0.2, 0) is 27.8 Å². The van der Waals surface area contributed by atoms with Gasteiger partial charge in [-0.25, -0.2) is 4.18 Å². The number of rotatable bonds is 51. The summed E-state index contributed by atoms with van der Waals surface area (Å²) in [6, 6.07) is -0.454. The molecule has 0 saturated carbocycles. The maximum absolute atomic E-state index is 11.2. The summed E-state index contributed by atoms with van der Waals surface area (Å²) in [5.41, 5.74) is 0. The number of carboxylic acid groups (broad SMARTS) is 1. The highest BCUT2D eigenvalue weighted by Crippen LogP contribution is 2.18. The van der Waals surface area contributed by atoms with Crippen molar-refractivity contribution in [2.24, 2.45) is 0 Å². The Hall–Kier alpha value is -0.280. The van der Waals surface area contributed by atoms with Gasteiger partial charge in [0.2, 0.25) is 0 Å². The number of hydrogen-bond donors (Lipinski definition) is 1. The van der Waals surface area contributed by atoms with Gasteiger partial charge in [-0.05, 0) is 12.8 Å². The van der Waals surface area contributed by atoms with E-state index in [-0.39, 0.29) is 12.0 Å². The molecule has 0 saturated heterocycles. The molecule has 0 radical (unpaired) electrons. The molecule has 0 aromatic rings. The number of hydrogen-bond acceptors (Lipinski definition) is 6. The molecule has 0 aromatic heterocycles. The molecule has 11 heteroatoms. The first kappa shape index (κ1) is 69.0. The second kappa shape index (κ2) is 61.7. The Morgan fingerprint density at radius 3 is 0.708 bits per heavy atom. The van der Waals surface area contributed by atoms with Gasteiger partial charge in [0.05, 0.1) is 0 Å². The minimum absolute atomic E-state index is 0.0157. The maximum atomic E-state index is 11.2. The zero-order valence-electron chi connectivity index (χ0n) is 42.8. The van der Waals surface area contributed by atoms with Gasteiger partial charge >= 0.3 is 21.3 Å². The molecule has 0 fully saturated rings. The van der Waals surface area contributed by atoms with Crippen molar-refractivity contribution in [2.75, 3.05) is 12.1 Å². The maximum Gasteiger partial charge on any atom is 0.356 e. The first-order chi connectivity index (χ1) is 31.6. The lowest BCUT2D eigenvalue weighted by molar-refractivity contribution is -0.141. The van der Waals surface area contributed by atoms with E-state index in [0.29, 0.717) is 12.8 Å². The van der Waals surface area contributed by atoms with Gasteiger partial charge in [0, 0.05) is 23.5 Å². The topological polar surface area (TPSA) is 107 Å². The molecule has 0 aromatic carbocycles. The molecule has 0 aliphatic carbocycles. The van der Waals surface area contributed by atoms with Crippen LogP contribution in [0.15, 0.2) is 0 Å². The number of unbranched alkanes of at least 4 members (excludes halogenated alkanes) is 44. The largest absolute Gasteiger partial charge is 0.481 e. The van der Waals surface area contributed by atoms with E-state index in [4.69, 9.17) is 33.0 Å². The molecule has 65 heavy (non-hydrogen) atoms. The van der Waals surface area contributed by atoms with Gasteiger partial charge < -0.3 is 9.84 Å². The zero-order chi connectivity index (χ0) is 48.4. The van der Waals surface area contributed by atoms with Crippen molar-refractivity contribution in [3.8, 4) is 0 Å². The summed E-state index contributed by atoms with van der Waals surface area (Å²) in [5, 5.41) is 8.59. The molecule has 0 aliphatic heterocycles. The monoisotopic (exact) mass is 1000 g/mol. The van der Waals surface area contributed by atoms with Crippen molar-refractivity contribution in [1.29, 1.82) is 0 Å². The zero-order valence-corrected chi connectivity index (χ0v) is 45.9. The van der Waals surface area contributed by atoms with Crippen LogP contribution >= 0.6 is 33.9 Å². The lowest BCUT2D eigenvalue weighted by atomic mass is 10.0. The molecular formula is C54H107Cl3O7S. The Labute approximate surface area is 419 Å². The predicted octanol–water partition coefficient (Wildman–Crippen LogP) is 20.2. The molecule has 0 unspecified atom stereocenters. The fourth-order valence-electron chi connectivity index (χ4n) is 8.30. The molecule has 7 nitrogen and oxygen atoms in total. The predicted molar refractivity (Wildman–Crippen MR) is 284 cm³/mol. The van der Waals surface area contributed by atoms with Gasteiger partial charge in [-0.1, -0.05) is 320 Å². The SMILES string of the molecule is CCCCCCCCCCCCCCCCCCCCCCCCCC(=O)O.CCCCCCCCCCCCCCCCCCCCCCCCCC(=O)OCCl.O=S(=O)(Cl)OCCl. The molecule has 0 atom stereocenters. The minimum Gasteiger partial charge on any atom is -0.481 e. The van der Waals surface area contributed by atoms with Crippen LogP contribution in [0.5, 0.6) is 0 Å². The highest BCUT2D eigenvalue weighted by molar-refractivity contribution is 8.10. The summed E-state index contributed by atoms with van der Waals surface area (Å²) >= 11 is 10.2. The summed E-state index contributed by atoms with van der Waals surface area (Å²) in [4.78, 5) is 21.6. The number of carbonyl (C=O) groups is 2. The average Bonchev–Trinajstić information content (AvgIpc) is 3.27. The summed E-state index contributed by atoms with van der Waals surface area (Å²) in [5.74, 6) is -0.808. The van der Waals surface area contributed by atoms with Gasteiger partial charge in [0.1, 0.15) is 6.07 Å². The van der Waals surface area contributed by atoms with Gasteiger partial charge in [0.15, 0.2) is 6.07 Å². The first-order valence-electron chi connectivity index (χ1n) is 27.7. The lowest BCUT2D eigenvalue weighted by Gasteiger charge is -2.04. The Kier molecular flexibility index (Phi) is 65.5. The number of esters is 1. The Morgan fingerprint density at radius 2 is 0.554 bits per heavy atom. The van der Waals surface area contributed by atoms with Gasteiger partial charge in [-0.15, -0.1) is 0 Å². The van der Waals surface area contributed by atoms with Crippen LogP contribution in [0.1, 0.15) is 322 Å². The number of halogens is 3. The van der Waals surface area contributed by atoms with E-state index < -0.39 is 21.4 Å². The fourth-order valence-corrected chi connectivity index (χ4v) is 9.15. The molecule has 0 amide bonds. The van der Waals surface area contributed by atoms with Crippen LogP contribution in [0.4, 0.5) is 0 Å². The van der Waals surface area contributed by atoms with Crippen molar-refractivity contribution in [1.82, 2.24) is 0 Å². The van der Waals surface area contributed by atoms with Crippen molar-refractivity contribution in [3.05, 3.63) is 0 Å². The molecule has 0 rings (SSSR count). The highest BCUT2D eigenvalue weighted by Gasteiger charge is 2.03. The molecule has 0 heterocycles. The fraction of sp³-hybridized carbons (Fsp3) is 0.963. The third-order valence-corrected chi connectivity index (χ3v) is 13.4. The second-order valence-electron chi connectivity index (χ2n) is 18.7. The van der Waals surface area contributed by atoms with Crippen LogP contribution in [0.25, 0.3) is 0 Å². The second-order valence-corrected chi connectivity index (χ2v) is 21.3. The standard InChI is InChI=1S/C27H53ClO2.C26H52O2.CH2Cl2O3S/c1-2-3-4-5-6-7-8-9-10-11-12-13-14-15-16-17-18-19-20-21-22-23-24-25-27(29)30-26-28;1-2-3-4-5-6-7-8-9-10-11-12-13-14-15-16-17-18-19-20-21-22-23-24-25-26(27)28;2-1-6-7(3,4)5/h2-26H2,1H3;2-25H2,1H3,(H,27,28);1H2. The first-order valence-corrected chi connectivity index (χ1v) is 31.0. The normalized spacial score (nSPS) is 11.2. The quantitative estimate of drug-likeness (QED) is 0.0280. The van der Waals surface area contributed by atoms with E-state index >= 15 is 0 Å². The third-order valence-electron chi connectivity index (χ3n) is 12.4. The number of carboxylic acids is 1. The minimum atomic E-state index is -3.83. The van der Waals surface area contributed by atoms with Crippen LogP contribution in [0.2, 0.25) is 0 Å². The van der Waals surface area contributed by atoms with Crippen molar-refractivity contribution in [2.45, 2.75) is 322 Å². The molecule has 0 aliphatic rings. The van der Waals surface area contributed by atoms with E-state index in [1.54, 1.807) is 0 Å². The third kappa shape index (κ3) is 75.4. The van der Waals surface area contributed by atoms with Gasteiger partial charge in [0.25, 0.3) is 0 Å². The van der Waals surface area contributed by atoms with Gasteiger partial charge in [-0.2, -0.15) is 8.42 Å². The van der Waals surface area contributed by atoms with E-state index in [9.17, 15) is 18.0 Å². The summed E-state index contributed by atoms with van der Waals surface area (Å²) in [6.07, 6.45) is 64.5. The highest BCUT2D eigenvalue weighted by atomic mass is 35.7. The smallest absolute Gasteiger partial charge is 0.356 e. The van der Waals surface area contributed by atoms with Crippen molar-refractivity contribution < 1.29 is 32.0 Å². The van der Waals surface area contributed by atoms with E-state index in [1.165, 1.54) is 270 Å². The van der Waals surface area contributed by atoms with E-state index in [2.05, 4.69) is 28.7 Å². The van der Waals surface area contributed by atoms with Crippen molar-refractivity contribution in [3.63, 3.8) is 0 Å². The van der Waals surface area contributed by atoms with Crippen LogP contribution < -0.4 is 0 Å². The van der Waals surface area contributed by atoms with E-state index in [0.717, 1.165) is 25.7 Å². The Bertz CT molecular complexity index is 1020. The molecule has 0 spiro atoms. The number of carbonyl (C=O) groups excluding carboxylic acids is 1.